The van der Waals surface area contributed by atoms with Gasteiger partial charge in [-0.25, -0.2) is 0 Å². The number of nitrogens with zero attached hydrogens (tertiary/aromatic N) is 3. The molecule has 0 unspecified atom stereocenters. The molecule has 1 aliphatic heterocycles. The number of carbonyl (C=O) groups excluding carboxylic acids is 1. The molecule has 0 atom stereocenters. The Morgan fingerprint density at radius 3 is 2.33 bits per heavy atom. The number of hydrogen-bond acceptors (Lipinski definition) is 5. The lowest BCUT2D eigenvalue weighted by Crippen LogP contribution is -2.48. The van der Waals surface area contributed by atoms with Crippen molar-refractivity contribution in [1.29, 1.82) is 0 Å². The maximum atomic E-state index is 11.8. The first-order valence-electron chi connectivity index (χ1n) is 7.00. The number of nitro groups is 1. The second kappa shape index (κ2) is 7.03. The molecule has 1 aliphatic rings. The molecule has 1 amide bonds. The average Bonchev–Trinajstić information content (AvgIpc) is 2.53. The SMILES string of the molecule is O=C(CCCO)N1CCN(c2ccc([N+](=O)[O-])cc2)CC1. The molecule has 1 fully saturated rings. The van der Waals surface area contributed by atoms with Crippen LogP contribution in [0.2, 0.25) is 0 Å². The van der Waals surface area contributed by atoms with Gasteiger partial charge in [0.25, 0.3) is 5.69 Å². The summed E-state index contributed by atoms with van der Waals surface area (Å²) >= 11 is 0. The Morgan fingerprint density at radius 2 is 1.81 bits per heavy atom. The molecule has 21 heavy (non-hydrogen) atoms. The number of anilines is 1. The largest absolute Gasteiger partial charge is 0.396 e. The zero-order valence-corrected chi connectivity index (χ0v) is 11.8. The first kappa shape index (κ1) is 15.2. The van der Waals surface area contributed by atoms with Crippen LogP contribution in [0.25, 0.3) is 0 Å². The van der Waals surface area contributed by atoms with Gasteiger partial charge in [0.05, 0.1) is 4.92 Å². The topological polar surface area (TPSA) is 86.9 Å². The Hall–Kier alpha value is -2.15. The molecular formula is C14H19N3O4. The van der Waals surface area contributed by atoms with Crippen LogP contribution in [-0.4, -0.2) is 53.6 Å². The summed E-state index contributed by atoms with van der Waals surface area (Å²) in [5.74, 6) is 0.0763. The Kier molecular flexibility index (Phi) is 5.10. The van der Waals surface area contributed by atoms with Crippen molar-refractivity contribution in [3.8, 4) is 0 Å². The summed E-state index contributed by atoms with van der Waals surface area (Å²) in [6, 6.07) is 6.46. The van der Waals surface area contributed by atoms with Crippen LogP contribution in [-0.2, 0) is 4.79 Å². The Labute approximate surface area is 122 Å². The summed E-state index contributed by atoms with van der Waals surface area (Å²) in [6.07, 6.45) is 0.884. The van der Waals surface area contributed by atoms with Gasteiger partial charge < -0.3 is 14.9 Å². The summed E-state index contributed by atoms with van der Waals surface area (Å²) in [6.45, 7) is 2.74. The minimum atomic E-state index is -0.415. The van der Waals surface area contributed by atoms with E-state index < -0.39 is 4.92 Å². The van der Waals surface area contributed by atoms with Gasteiger partial charge in [-0.1, -0.05) is 0 Å². The Bertz CT molecular complexity index is 495. The number of amides is 1. The monoisotopic (exact) mass is 293 g/mol. The molecule has 1 aromatic carbocycles. The molecule has 0 saturated carbocycles. The van der Waals surface area contributed by atoms with Gasteiger partial charge in [0.15, 0.2) is 0 Å². The molecule has 0 spiro atoms. The summed E-state index contributed by atoms with van der Waals surface area (Å²) in [5.41, 5.74) is 1.01. The summed E-state index contributed by atoms with van der Waals surface area (Å²) < 4.78 is 0. The smallest absolute Gasteiger partial charge is 0.269 e. The predicted molar refractivity (Wildman–Crippen MR) is 78.2 cm³/mol. The van der Waals surface area contributed by atoms with Crippen LogP contribution in [0.1, 0.15) is 12.8 Å². The van der Waals surface area contributed by atoms with Crippen LogP contribution in [0, 0.1) is 10.1 Å². The van der Waals surface area contributed by atoms with E-state index in [1.807, 2.05) is 0 Å². The van der Waals surface area contributed by atoms with Crippen LogP contribution >= 0.6 is 0 Å². The normalized spacial score (nSPS) is 15.1. The summed E-state index contributed by atoms with van der Waals surface area (Å²) in [4.78, 5) is 26.0. The third-order valence-electron chi connectivity index (χ3n) is 3.61. The standard InChI is InChI=1S/C14H19N3O4/c18-11-1-2-14(19)16-9-7-15(8-10-16)12-3-5-13(6-4-12)17(20)21/h3-6,18H,1-2,7-11H2. The van der Waals surface area contributed by atoms with Crippen LogP contribution < -0.4 is 4.90 Å². The van der Waals surface area contributed by atoms with Gasteiger partial charge in [0.1, 0.15) is 0 Å². The van der Waals surface area contributed by atoms with Crippen molar-refractivity contribution in [3.63, 3.8) is 0 Å². The highest BCUT2D eigenvalue weighted by molar-refractivity contribution is 5.76. The maximum Gasteiger partial charge on any atom is 0.269 e. The number of carbonyl (C=O) groups is 1. The molecule has 0 aromatic heterocycles. The lowest BCUT2D eigenvalue weighted by atomic mass is 10.2. The van der Waals surface area contributed by atoms with E-state index in [1.165, 1.54) is 12.1 Å². The van der Waals surface area contributed by atoms with Gasteiger partial charge in [-0.15, -0.1) is 0 Å². The maximum absolute atomic E-state index is 11.8. The number of hydrogen-bond donors (Lipinski definition) is 1. The van der Waals surface area contributed by atoms with Crippen molar-refractivity contribution in [3.05, 3.63) is 34.4 Å². The van der Waals surface area contributed by atoms with Crippen LogP contribution in [0.15, 0.2) is 24.3 Å². The number of nitro benzene ring substituents is 1. The number of non-ortho nitro benzene ring substituents is 1. The lowest BCUT2D eigenvalue weighted by molar-refractivity contribution is -0.384. The highest BCUT2D eigenvalue weighted by Gasteiger charge is 2.21. The van der Waals surface area contributed by atoms with E-state index in [-0.39, 0.29) is 18.2 Å². The molecule has 7 nitrogen and oxygen atoms in total. The van der Waals surface area contributed by atoms with E-state index in [9.17, 15) is 14.9 Å². The predicted octanol–water partition coefficient (Wildman–Crippen LogP) is 1.02. The first-order chi connectivity index (χ1) is 10.1. The molecule has 1 saturated heterocycles. The highest BCUT2D eigenvalue weighted by Crippen LogP contribution is 2.20. The van der Waals surface area contributed by atoms with Crippen molar-refractivity contribution >= 4 is 17.3 Å². The fraction of sp³-hybridized carbons (Fsp3) is 0.500. The van der Waals surface area contributed by atoms with Gasteiger partial charge in [0.2, 0.25) is 5.91 Å². The fourth-order valence-corrected chi connectivity index (χ4v) is 2.39. The van der Waals surface area contributed by atoms with Gasteiger partial charge >= 0.3 is 0 Å². The van der Waals surface area contributed by atoms with Gasteiger partial charge in [-0.05, 0) is 18.6 Å². The van der Waals surface area contributed by atoms with E-state index in [2.05, 4.69) is 4.90 Å². The van der Waals surface area contributed by atoms with E-state index in [1.54, 1.807) is 17.0 Å². The molecule has 114 valence electrons. The number of aliphatic hydroxyl groups is 1. The van der Waals surface area contributed by atoms with Crippen molar-refractivity contribution in [2.24, 2.45) is 0 Å². The minimum Gasteiger partial charge on any atom is -0.396 e. The molecular weight excluding hydrogens is 274 g/mol. The summed E-state index contributed by atoms with van der Waals surface area (Å²) in [7, 11) is 0. The second-order valence-corrected chi connectivity index (χ2v) is 4.97. The average molecular weight is 293 g/mol. The molecule has 0 radical (unpaired) electrons. The molecule has 1 N–H and O–H groups in total. The van der Waals surface area contributed by atoms with Crippen molar-refractivity contribution in [1.82, 2.24) is 4.90 Å². The highest BCUT2D eigenvalue weighted by atomic mass is 16.6. The van der Waals surface area contributed by atoms with E-state index in [4.69, 9.17) is 5.11 Å². The van der Waals surface area contributed by atoms with Gasteiger partial charge in [-0.3, -0.25) is 14.9 Å². The quantitative estimate of drug-likeness (QED) is 0.647. The second-order valence-electron chi connectivity index (χ2n) is 4.97. The molecule has 1 heterocycles. The van der Waals surface area contributed by atoms with Crippen molar-refractivity contribution in [2.75, 3.05) is 37.7 Å². The molecule has 1 aromatic rings. The zero-order valence-electron chi connectivity index (χ0n) is 11.8. The van der Waals surface area contributed by atoms with Gasteiger partial charge in [0, 0.05) is 57.0 Å². The number of benzene rings is 1. The Balaban J connectivity index is 1.88. The summed E-state index contributed by atoms with van der Waals surface area (Å²) in [5, 5.41) is 19.4. The van der Waals surface area contributed by atoms with Gasteiger partial charge in [-0.2, -0.15) is 0 Å². The third kappa shape index (κ3) is 3.91. The number of piperazine rings is 1. The number of rotatable bonds is 5. The van der Waals surface area contributed by atoms with Crippen molar-refractivity contribution in [2.45, 2.75) is 12.8 Å². The molecule has 2 rings (SSSR count). The third-order valence-corrected chi connectivity index (χ3v) is 3.61. The zero-order chi connectivity index (χ0) is 15.2. The minimum absolute atomic E-state index is 0.0362. The Morgan fingerprint density at radius 1 is 1.19 bits per heavy atom. The number of aliphatic hydroxyl groups excluding tert-OH is 1. The van der Waals surface area contributed by atoms with E-state index >= 15 is 0 Å². The van der Waals surface area contributed by atoms with Crippen LogP contribution in [0.4, 0.5) is 11.4 Å². The molecule has 7 heteroatoms. The molecule has 0 bridgehead atoms. The van der Waals surface area contributed by atoms with Crippen molar-refractivity contribution < 1.29 is 14.8 Å². The first-order valence-corrected chi connectivity index (χ1v) is 7.00. The van der Waals surface area contributed by atoms with E-state index in [0.29, 0.717) is 39.0 Å². The fourth-order valence-electron chi connectivity index (χ4n) is 2.39. The van der Waals surface area contributed by atoms with E-state index in [0.717, 1.165) is 5.69 Å². The molecule has 0 aliphatic carbocycles. The van der Waals surface area contributed by atoms with Crippen LogP contribution in [0.5, 0.6) is 0 Å². The van der Waals surface area contributed by atoms with Crippen LogP contribution in [0.3, 0.4) is 0 Å². The lowest BCUT2D eigenvalue weighted by Gasteiger charge is -2.36.